The van der Waals surface area contributed by atoms with E-state index in [9.17, 15) is 27.3 Å². The molecule has 1 aliphatic heterocycles. The number of carbonyl (C=O) groups is 1. The lowest BCUT2D eigenvalue weighted by atomic mass is 9.97. The van der Waals surface area contributed by atoms with E-state index >= 15 is 0 Å². The maximum absolute atomic E-state index is 13.1. The average molecular weight is 569 g/mol. The van der Waals surface area contributed by atoms with Crippen molar-refractivity contribution in [3.63, 3.8) is 0 Å². The molecule has 3 rings (SSSR count). The van der Waals surface area contributed by atoms with E-state index in [1.165, 1.54) is 19.2 Å². The third kappa shape index (κ3) is 6.92. The zero-order chi connectivity index (χ0) is 27.9. The maximum Gasteiger partial charge on any atom is 0.345 e. The highest BCUT2D eigenvalue weighted by atomic mass is 32.2. The fourth-order valence-corrected chi connectivity index (χ4v) is 5.86. The van der Waals surface area contributed by atoms with Crippen molar-refractivity contribution in [3.8, 4) is 11.9 Å². The van der Waals surface area contributed by atoms with E-state index in [0.29, 0.717) is 24.3 Å². The minimum atomic E-state index is -3.37. The van der Waals surface area contributed by atoms with Crippen molar-refractivity contribution in [1.82, 2.24) is 9.71 Å². The highest BCUT2D eigenvalue weighted by Crippen LogP contribution is 2.38. The molecular weight excluding hydrogens is 538 g/mol. The van der Waals surface area contributed by atoms with Gasteiger partial charge < -0.3 is 14.4 Å². The van der Waals surface area contributed by atoms with Crippen LogP contribution in [-0.4, -0.2) is 58.0 Å². The molecule has 0 bridgehead atoms. The summed E-state index contributed by atoms with van der Waals surface area (Å²) >= 11 is 1.03. The molecule has 0 spiro atoms. The van der Waals surface area contributed by atoms with Gasteiger partial charge in [0.25, 0.3) is 5.91 Å². The van der Waals surface area contributed by atoms with Crippen LogP contribution in [0.5, 0.6) is 5.88 Å². The van der Waals surface area contributed by atoms with Crippen LogP contribution in [0.4, 0.5) is 14.6 Å². The van der Waals surface area contributed by atoms with Crippen molar-refractivity contribution in [2.75, 3.05) is 30.9 Å². The first-order chi connectivity index (χ1) is 18.0. The maximum atomic E-state index is 13.1. The number of anilines is 1. The number of benzene rings is 1. The number of rotatable bonds is 12. The van der Waals surface area contributed by atoms with E-state index in [2.05, 4.69) is 20.5 Å². The molecule has 2 aromatic rings. The number of nitriles is 1. The monoisotopic (exact) mass is 568 g/mol. The lowest BCUT2D eigenvalue weighted by Crippen LogP contribution is -2.34. The van der Waals surface area contributed by atoms with Crippen LogP contribution in [0.2, 0.25) is 0 Å². The average Bonchev–Trinajstić information content (AvgIpc) is 3.39. The summed E-state index contributed by atoms with van der Waals surface area (Å²) in [4.78, 5) is 19.6. The second-order valence-corrected chi connectivity index (χ2v) is 12.4. The Morgan fingerprint density at radius 1 is 1.32 bits per heavy atom. The highest BCUT2D eigenvalue weighted by molar-refractivity contribution is 7.98. The molecule has 38 heavy (non-hydrogen) atoms. The van der Waals surface area contributed by atoms with Crippen LogP contribution < -0.4 is 14.4 Å². The fourth-order valence-electron chi connectivity index (χ4n) is 4.16. The third-order valence-corrected chi connectivity index (χ3v) is 9.23. The lowest BCUT2D eigenvalue weighted by Gasteiger charge is -2.27. The van der Waals surface area contributed by atoms with Crippen LogP contribution in [0, 0.1) is 11.3 Å². The Kier molecular flexibility index (Phi) is 9.92. The molecule has 1 aromatic heterocycles. The smallest absolute Gasteiger partial charge is 0.345 e. The first kappa shape index (κ1) is 29.6. The zero-order valence-electron chi connectivity index (χ0n) is 21.3. The van der Waals surface area contributed by atoms with E-state index in [0.717, 1.165) is 18.4 Å². The van der Waals surface area contributed by atoms with Gasteiger partial charge >= 0.3 is 6.61 Å². The van der Waals surface area contributed by atoms with Gasteiger partial charge in [0.05, 0.1) is 47.6 Å². The van der Waals surface area contributed by atoms with E-state index in [4.69, 9.17) is 4.74 Å². The number of halogens is 2. The second kappa shape index (κ2) is 12.7. The van der Waals surface area contributed by atoms with E-state index < -0.39 is 27.1 Å². The Balaban J connectivity index is 1.76. The number of methoxy groups -OCH3 is 1. The normalized spacial score (nSPS) is 17.2. The van der Waals surface area contributed by atoms with Crippen LogP contribution in [0.25, 0.3) is 0 Å². The van der Waals surface area contributed by atoms with Crippen LogP contribution in [0.1, 0.15) is 49.0 Å². The molecule has 206 valence electrons. The van der Waals surface area contributed by atoms with Gasteiger partial charge in [0.1, 0.15) is 11.4 Å². The van der Waals surface area contributed by atoms with E-state index in [-0.39, 0.29) is 41.2 Å². The number of hydrogen-bond donors (Lipinski definition) is 1. The topological polar surface area (TPSA) is 122 Å². The molecule has 1 aromatic carbocycles. The molecule has 13 heteroatoms. The van der Waals surface area contributed by atoms with Gasteiger partial charge in [0, 0.05) is 6.54 Å². The van der Waals surface area contributed by atoms with Crippen molar-refractivity contribution in [3.05, 3.63) is 47.5 Å². The second-order valence-electron chi connectivity index (χ2n) is 8.84. The van der Waals surface area contributed by atoms with E-state index in [1.807, 2.05) is 4.90 Å². The standard InChI is InChI=1S/C25H30F2N4O5S2/c1-4-38(33,34)19-9-7-17(8-10-19)25(2,13-14-28)37-30-22(32)20-11-12-21(29-23(20)35-3)31-15-5-6-18(31)16-36-24(26)27/h7-12,18,24H,4-6,13,15-16H2,1-3H3,(H,30,32)/t18-,25+/m0/s1. The van der Waals surface area contributed by atoms with Gasteiger partial charge in [-0.25, -0.2) is 8.42 Å². The molecule has 0 saturated carbocycles. The Hall–Kier alpha value is -2.95. The fraction of sp³-hybridized carbons (Fsp3) is 0.480. The van der Waals surface area contributed by atoms with Crippen molar-refractivity contribution in [1.29, 1.82) is 5.26 Å². The number of nitrogens with zero attached hydrogens (tertiary/aromatic N) is 3. The van der Waals surface area contributed by atoms with Crippen LogP contribution in [-0.2, 0) is 19.3 Å². The number of carbonyl (C=O) groups excluding carboxylic acids is 1. The van der Waals surface area contributed by atoms with Crippen molar-refractivity contribution in [2.45, 2.75) is 55.4 Å². The van der Waals surface area contributed by atoms with Crippen molar-refractivity contribution >= 4 is 33.5 Å². The number of amides is 1. The molecule has 0 aliphatic carbocycles. The summed E-state index contributed by atoms with van der Waals surface area (Å²) in [6, 6.07) is 11.3. The predicted octanol–water partition coefficient (Wildman–Crippen LogP) is 4.30. The van der Waals surface area contributed by atoms with Gasteiger partial charge in [0.2, 0.25) is 5.88 Å². The summed E-state index contributed by atoms with van der Waals surface area (Å²) in [7, 11) is -1.99. The molecule has 2 heterocycles. The summed E-state index contributed by atoms with van der Waals surface area (Å²) in [5.74, 6) is 0.0302. The molecule has 0 unspecified atom stereocenters. The number of hydrogen-bond acceptors (Lipinski definition) is 9. The molecule has 2 atom stereocenters. The Labute approximate surface area is 225 Å². The number of nitrogens with one attached hydrogen (secondary N) is 1. The number of sulfone groups is 1. The molecule has 0 radical (unpaired) electrons. The first-order valence-electron chi connectivity index (χ1n) is 11.9. The Morgan fingerprint density at radius 3 is 2.63 bits per heavy atom. The van der Waals surface area contributed by atoms with Crippen LogP contribution in [0.15, 0.2) is 41.3 Å². The number of pyridine rings is 1. The zero-order valence-corrected chi connectivity index (χ0v) is 22.9. The Morgan fingerprint density at radius 2 is 2.03 bits per heavy atom. The number of ether oxygens (including phenoxy) is 2. The van der Waals surface area contributed by atoms with Crippen LogP contribution in [0.3, 0.4) is 0 Å². The molecule has 1 N–H and O–H groups in total. The molecule has 1 fully saturated rings. The van der Waals surface area contributed by atoms with Gasteiger partial charge in [-0.05, 0) is 61.5 Å². The molecule has 1 amide bonds. The summed E-state index contributed by atoms with van der Waals surface area (Å²) in [5, 5.41) is 9.42. The molecule has 1 saturated heterocycles. The van der Waals surface area contributed by atoms with E-state index in [1.54, 1.807) is 38.1 Å². The molecular formula is C25H30F2N4O5S2. The molecule has 1 aliphatic rings. The number of aromatic nitrogens is 1. The summed E-state index contributed by atoms with van der Waals surface area (Å²) in [6.45, 7) is 0.967. The third-order valence-electron chi connectivity index (χ3n) is 6.36. The van der Waals surface area contributed by atoms with Gasteiger partial charge in [0.15, 0.2) is 9.84 Å². The predicted molar refractivity (Wildman–Crippen MR) is 140 cm³/mol. The first-order valence-corrected chi connectivity index (χ1v) is 14.4. The quantitative estimate of drug-likeness (QED) is 0.374. The summed E-state index contributed by atoms with van der Waals surface area (Å²) < 4.78 is 61.0. The van der Waals surface area contributed by atoms with Crippen LogP contribution >= 0.6 is 11.9 Å². The summed E-state index contributed by atoms with van der Waals surface area (Å²) in [6.07, 6.45) is 1.52. The van der Waals surface area contributed by atoms with Gasteiger partial charge in [-0.3, -0.25) is 9.52 Å². The number of alkyl halides is 2. The van der Waals surface area contributed by atoms with Crippen molar-refractivity contribution < 1.29 is 31.5 Å². The molecule has 9 nitrogen and oxygen atoms in total. The van der Waals surface area contributed by atoms with Gasteiger partial charge in [-0.1, -0.05) is 19.1 Å². The minimum absolute atomic E-state index is 0.0246. The van der Waals surface area contributed by atoms with Gasteiger partial charge in [-0.15, -0.1) is 0 Å². The Bertz CT molecular complexity index is 1270. The minimum Gasteiger partial charge on any atom is -0.480 e. The summed E-state index contributed by atoms with van der Waals surface area (Å²) in [5.41, 5.74) is 0.831. The largest absolute Gasteiger partial charge is 0.480 e. The van der Waals surface area contributed by atoms with Gasteiger partial charge in [-0.2, -0.15) is 19.0 Å². The SMILES string of the molecule is CCS(=O)(=O)c1ccc([C@@](C)(CC#N)SNC(=O)c2ccc(N3CCC[C@H]3COC(F)F)nc2OC)cc1. The highest BCUT2D eigenvalue weighted by Gasteiger charge is 2.31. The lowest BCUT2D eigenvalue weighted by molar-refractivity contribution is -0.131. The van der Waals surface area contributed by atoms with Crippen molar-refractivity contribution in [2.24, 2.45) is 0 Å².